The fraction of sp³-hybridized carbons (Fsp3) is 0.182. The molecule has 5 nitrogen and oxygen atoms in total. The molecule has 2 aromatic rings. The molecule has 27 heavy (non-hydrogen) atoms. The van der Waals surface area contributed by atoms with Gasteiger partial charge in [0.25, 0.3) is 0 Å². The average molecular weight is 357 g/mol. The monoisotopic (exact) mass is 357 g/mol. The van der Waals surface area contributed by atoms with Gasteiger partial charge in [0.1, 0.15) is 5.70 Å². The molecule has 1 atom stereocenters. The molecule has 1 amide bonds. The standard InChI is InChI=1S/C22H20N4O/c27-21(25-22(11-12-22)17-6-2-1-3-7-17)20-24-19(16-9-13-23-14-10-16)18-8-4-5-15-26(18)20/h1-10,13-15,20,24H,11-12H2,(H,25,27)/p+1. The molecule has 1 aliphatic carbocycles. The molecular weight excluding hydrogens is 336 g/mol. The number of nitrogens with zero attached hydrogens (tertiary/aromatic N) is 1. The summed E-state index contributed by atoms with van der Waals surface area (Å²) in [6.45, 7) is 0. The summed E-state index contributed by atoms with van der Waals surface area (Å²) in [6.07, 6.45) is 11.2. The molecule has 3 N–H and O–H groups in total. The lowest BCUT2D eigenvalue weighted by molar-refractivity contribution is -0.705. The summed E-state index contributed by atoms with van der Waals surface area (Å²) in [5.41, 5.74) is 3.98. The van der Waals surface area contributed by atoms with Crippen LogP contribution in [0.5, 0.6) is 0 Å². The van der Waals surface area contributed by atoms with E-state index < -0.39 is 6.17 Å². The highest BCUT2D eigenvalue weighted by atomic mass is 16.2. The molecule has 0 saturated heterocycles. The zero-order valence-corrected chi connectivity index (χ0v) is 14.9. The van der Waals surface area contributed by atoms with Crippen molar-refractivity contribution in [3.63, 3.8) is 0 Å². The maximum atomic E-state index is 13.2. The lowest BCUT2D eigenvalue weighted by Crippen LogP contribution is -2.52. The molecule has 3 heterocycles. The van der Waals surface area contributed by atoms with E-state index in [1.807, 2.05) is 71.7 Å². The summed E-state index contributed by atoms with van der Waals surface area (Å²) in [4.78, 5) is 13.2. The molecule has 134 valence electrons. The lowest BCUT2D eigenvalue weighted by atomic mass is 10.0. The zero-order chi connectivity index (χ0) is 18.3. The van der Waals surface area contributed by atoms with Gasteiger partial charge in [0.05, 0.1) is 5.54 Å². The molecule has 0 spiro atoms. The van der Waals surface area contributed by atoms with Crippen molar-refractivity contribution in [2.45, 2.75) is 24.5 Å². The normalized spacial score (nSPS) is 21.3. The van der Waals surface area contributed by atoms with Crippen molar-refractivity contribution in [3.8, 4) is 0 Å². The van der Waals surface area contributed by atoms with Gasteiger partial charge in [-0.2, -0.15) is 4.57 Å². The van der Waals surface area contributed by atoms with Crippen LogP contribution in [-0.4, -0.2) is 5.91 Å². The molecular formula is C22H21N4O+. The topological polar surface area (TPSA) is 57.0 Å². The number of allylic oxidation sites excluding steroid dienone is 3. The first kappa shape index (κ1) is 15.9. The van der Waals surface area contributed by atoms with Crippen molar-refractivity contribution in [3.05, 3.63) is 96.1 Å². The van der Waals surface area contributed by atoms with E-state index >= 15 is 0 Å². The van der Waals surface area contributed by atoms with Crippen LogP contribution < -0.4 is 20.5 Å². The van der Waals surface area contributed by atoms with Gasteiger partial charge in [-0.15, -0.1) is 0 Å². The Morgan fingerprint density at radius 2 is 1.78 bits per heavy atom. The Balaban J connectivity index is 1.46. The molecule has 5 heteroatoms. The van der Waals surface area contributed by atoms with Crippen LogP contribution in [0.25, 0.3) is 5.70 Å². The maximum Gasteiger partial charge on any atom is 0.312 e. The second-order valence-corrected chi connectivity index (χ2v) is 7.14. The summed E-state index contributed by atoms with van der Waals surface area (Å²) in [5, 5.41) is 9.77. The molecule has 1 aromatic heterocycles. The summed E-state index contributed by atoms with van der Waals surface area (Å²) >= 11 is 0. The first-order chi connectivity index (χ1) is 13.3. The van der Waals surface area contributed by atoms with E-state index in [1.54, 1.807) is 0 Å². The second-order valence-electron chi connectivity index (χ2n) is 7.14. The van der Waals surface area contributed by atoms with Crippen molar-refractivity contribution in [1.29, 1.82) is 0 Å². The van der Waals surface area contributed by atoms with E-state index in [9.17, 15) is 4.79 Å². The van der Waals surface area contributed by atoms with E-state index in [0.29, 0.717) is 0 Å². The molecule has 1 unspecified atom stereocenters. The number of nitrogens with one attached hydrogen (secondary N) is 3. The van der Waals surface area contributed by atoms with Gasteiger partial charge < -0.3 is 16.0 Å². The SMILES string of the molecule is O=C(NC1(c2ccccc2)CC1)C1NC(=C2C=CNC=C2)c2cccc[n+]21. The molecule has 1 fully saturated rings. The number of carbonyl (C=O) groups is 1. The van der Waals surface area contributed by atoms with Crippen LogP contribution in [0.2, 0.25) is 0 Å². The van der Waals surface area contributed by atoms with Crippen molar-refractivity contribution in [2.24, 2.45) is 0 Å². The summed E-state index contributed by atoms with van der Waals surface area (Å²) in [7, 11) is 0. The van der Waals surface area contributed by atoms with Gasteiger partial charge in [-0.3, -0.25) is 4.79 Å². The van der Waals surface area contributed by atoms with Gasteiger partial charge in [0, 0.05) is 30.1 Å². The van der Waals surface area contributed by atoms with Gasteiger partial charge in [-0.05, 0) is 36.6 Å². The highest BCUT2D eigenvalue weighted by Gasteiger charge is 2.49. The van der Waals surface area contributed by atoms with E-state index in [2.05, 4.69) is 28.1 Å². The Morgan fingerprint density at radius 3 is 2.52 bits per heavy atom. The predicted molar refractivity (Wildman–Crippen MR) is 103 cm³/mol. The molecule has 2 aliphatic heterocycles. The molecule has 0 bridgehead atoms. The minimum atomic E-state index is -0.457. The fourth-order valence-electron chi connectivity index (χ4n) is 3.82. The van der Waals surface area contributed by atoms with E-state index in [0.717, 1.165) is 29.8 Å². The Labute approximate surface area is 158 Å². The van der Waals surface area contributed by atoms with Gasteiger partial charge in [0.15, 0.2) is 6.20 Å². The second kappa shape index (κ2) is 6.13. The maximum absolute atomic E-state index is 13.2. The van der Waals surface area contributed by atoms with Crippen LogP contribution in [0.15, 0.2) is 84.9 Å². The van der Waals surface area contributed by atoms with Crippen molar-refractivity contribution >= 4 is 11.6 Å². The van der Waals surface area contributed by atoms with Gasteiger partial charge in [0.2, 0.25) is 5.69 Å². The first-order valence-electron chi connectivity index (χ1n) is 9.25. The van der Waals surface area contributed by atoms with Crippen LogP contribution in [0.3, 0.4) is 0 Å². The molecule has 3 aliphatic rings. The smallest absolute Gasteiger partial charge is 0.312 e. The zero-order valence-electron chi connectivity index (χ0n) is 14.9. The largest absolute Gasteiger partial charge is 0.368 e. The van der Waals surface area contributed by atoms with Gasteiger partial charge >= 0.3 is 12.1 Å². The number of hydrogen-bond donors (Lipinski definition) is 3. The van der Waals surface area contributed by atoms with Crippen LogP contribution >= 0.6 is 0 Å². The minimum Gasteiger partial charge on any atom is -0.368 e. The Bertz CT molecular complexity index is 972. The van der Waals surface area contributed by atoms with Gasteiger partial charge in [-0.1, -0.05) is 30.3 Å². The lowest BCUT2D eigenvalue weighted by Gasteiger charge is -2.19. The Morgan fingerprint density at radius 1 is 1.04 bits per heavy atom. The third kappa shape index (κ3) is 2.72. The molecule has 0 radical (unpaired) electrons. The number of amides is 1. The third-order valence-electron chi connectivity index (χ3n) is 5.40. The number of benzene rings is 1. The summed E-state index contributed by atoms with van der Waals surface area (Å²) < 4.78 is 2.00. The molecule has 5 rings (SSSR count). The first-order valence-corrected chi connectivity index (χ1v) is 9.25. The number of pyridine rings is 1. The summed E-state index contributed by atoms with van der Waals surface area (Å²) in [6, 6.07) is 16.2. The number of dihydropyridines is 1. The number of fused-ring (bicyclic) bond motifs is 1. The Hall–Kier alpha value is -3.34. The number of rotatable bonds is 3. The molecule has 1 aromatic carbocycles. The van der Waals surface area contributed by atoms with Crippen molar-refractivity contribution in [1.82, 2.24) is 16.0 Å². The van der Waals surface area contributed by atoms with Crippen LogP contribution in [0.1, 0.15) is 30.3 Å². The van der Waals surface area contributed by atoms with E-state index in [4.69, 9.17) is 0 Å². The third-order valence-corrected chi connectivity index (χ3v) is 5.40. The average Bonchev–Trinajstić information content (AvgIpc) is 3.41. The fourth-order valence-corrected chi connectivity index (χ4v) is 3.82. The van der Waals surface area contributed by atoms with Crippen LogP contribution in [0, 0.1) is 0 Å². The Kier molecular flexibility index (Phi) is 3.60. The summed E-state index contributed by atoms with van der Waals surface area (Å²) in [5.74, 6) is -0.00806. The number of carbonyl (C=O) groups excluding carboxylic acids is 1. The molecule has 1 saturated carbocycles. The highest BCUT2D eigenvalue weighted by molar-refractivity contribution is 5.84. The number of aromatic nitrogens is 1. The van der Waals surface area contributed by atoms with E-state index in [-0.39, 0.29) is 11.4 Å². The predicted octanol–water partition coefficient (Wildman–Crippen LogP) is 2.22. The van der Waals surface area contributed by atoms with Gasteiger partial charge in [-0.25, -0.2) is 0 Å². The van der Waals surface area contributed by atoms with Crippen molar-refractivity contribution < 1.29 is 9.36 Å². The van der Waals surface area contributed by atoms with E-state index in [1.165, 1.54) is 5.56 Å². The van der Waals surface area contributed by atoms with Crippen molar-refractivity contribution in [2.75, 3.05) is 0 Å². The minimum absolute atomic E-state index is 0.00806. The van der Waals surface area contributed by atoms with Crippen LogP contribution in [-0.2, 0) is 10.3 Å². The number of hydrogen-bond acceptors (Lipinski definition) is 3. The highest BCUT2D eigenvalue weighted by Crippen LogP contribution is 2.45. The van der Waals surface area contributed by atoms with Crippen LogP contribution in [0.4, 0.5) is 0 Å². The quantitative estimate of drug-likeness (QED) is 0.739.